The van der Waals surface area contributed by atoms with E-state index in [0.717, 1.165) is 30.9 Å². The highest BCUT2D eigenvalue weighted by molar-refractivity contribution is 6.30. The van der Waals surface area contributed by atoms with Crippen LogP contribution in [0.1, 0.15) is 51.5 Å². The fourth-order valence-electron chi connectivity index (χ4n) is 2.87. The molecule has 1 saturated carbocycles. The van der Waals surface area contributed by atoms with Gasteiger partial charge in [-0.15, -0.1) is 0 Å². The summed E-state index contributed by atoms with van der Waals surface area (Å²) < 4.78 is 5.92. The Bertz CT molecular complexity index is 411. The van der Waals surface area contributed by atoms with E-state index in [0.29, 0.717) is 17.0 Å². The first-order valence-corrected chi connectivity index (χ1v) is 7.70. The minimum Gasteiger partial charge on any atom is -0.477 e. The summed E-state index contributed by atoms with van der Waals surface area (Å²) in [6.45, 7) is 5.21. The van der Waals surface area contributed by atoms with Crippen LogP contribution in [-0.2, 0) is 6.42 Å². The Labute approximate surface area is 120 Å². The molecule has 0 aliphatic heterocycles. The molecule has 1 aliphatic carbocycles. The van der Waals surface area contributed by atoms with Crippen molar-refractivity contribution in [2.45, 2.75) is 52.4 Å². The molecular formula is C15H23ClN2O. The van der Waals surface area contributed by atoms with E-state index in [1.54, 1.807) is 0 Å². The minimum atomic E-state index is 0.531. The van der Waals surface area contributed by atoms with Crippen LogP contribution in [0, 0.1) is 11.8 Å². The van der Waals surface area contributed by atoms with E-state index in [-0.39, 0.29) is 0 Å². The Balaban J connectivity index is 1.96. The van der Waals surface area contributed by atoms with E-state index in [4.69, 9.17) is 16.3 Å². The van der Waals surface area contributed by atoms with Gasteiger partial charge in [0.25, 0.3) is 0 Å². The number of ether oxygens (including phenoxy) is 1. The molecule has 106 valence electrons. The van der Waals surface area contributed by atoms with E-state index in [2.05, 4.69) is 23.8 Å². The van der Waals surface area contributed by atoms with Gasteiger partial charge in [0.1, 0.15) is 11.5 Å². The fraction of sp³-hybridized carbons (Fsp3) is 0.733. The molecule has 1 aromatic heterocycles. The summed E-state index contributed by atoms with van der Waals surface area (Å²) in [6.07, 6.45) is 8.59. The number of nitrogens with zero attached hydrogens (tertiary/aromatic N) is 2. The second-order valence-electron chi connectivity index (χ2n) is 5.65. The monoisotopic (exact) mass is 282 g/mol. The van der Waals surface area contributed by atoms with Gasteiger partial charge in [-0.2, -0.15) is 0 Å². The molecule has 2 atom stereocenters. The second kappa shape index (κ2) is 7.09. The number of hydrogen-bond donors (Lipinski definition) is 0. The topological polar surface area (TPSA) is 35.0 Å². The summed E-state index contributed by atoms with van der Waals surface area (Å²) in [5.41, 5.74) is 0.954. The van der Waals surface area contributed by atoms with Gasteiger partial charge in [0.05, 0.1) is 12.2 Å². The lowest BCUT2D eigenvalue weighted by molar-refractivity contribution is 0.176. The molecule has 0 spiro atoms. The van der Waals surface area contributed by atoms with Crippen molar-refractivity contribution < 1.29 is 4.74 Å². The summed E-state index contributed by atoms with van der Waals surface area (Å²) in [4.78, 5) is 8.28. The van der Waals surface area contributed by atoms with Crippen molar-refractivity contribution in [2.75, 3.05) is 6.61 Å². The van der Waals surface area contributed by atoms with Gasteiger partial charge in [0.2, 0.25) is 5.88 Å². The van der Waals surface area contributed by atoms with Crippen LogP contribution in [0.2, 0.25) is 5.15 Å². The van der Waals surface area contributed by atoms with Crippen molar-refractivity contribution in [3.05, 3.63) is 17.0 Å². The molecule has 1 aromatic rings. The zero-order valence-corrected chi connectivity index (χ0v) is 12.6. The predicted molar refractivity (Wildman–Crippen MR) is 77.7 cm³/mol. The summed E-state index contributed by atoms with van der Waals surface area (Å²) in [5.74, 6) is 2.17. The Kier molecular flexibility index (Phi) is 5.44. The van der Waals surface area contributed by atoms with Gasteiger partial charge in [-0.05, 0) is 31.1 Å². The van der Waals surface area contributed by atoms with Gasteiger partial charge < -0.3 is 4.74 Å². The molecule has 0 radical (unpaired) electrons. The Morgan fingerprint density at radius 3 is 2.95 bits per heavy atom. The largest absolute Gasteiger partial charge is 0.477 e. The molecule has 0 saturated heterocycles. The Hall–Kier alpha value is -0.830. The zero-order chi connectivity index (χ0) is 13.7. The van der Waals surface area contributed by atoms with Crippen LogP contribution < -0.4 is 4.74 Å². The lowest BCUT2D eigenvalue weighted by atomic mass is 9.83. The fourth-order valence-corrected chi connectivity index (χ4v) is 3.09. The normalized spacial score (nSPS) is 23.3. The van der Waals surface area contributed by atoms with Crippen LogP contribution in [-0.4, -0.2) is 16.6 Å². The number of rotatable bonds is 5. The highest BCUT2D eigenvalue weighted by Gasteiger charge is 2.20. The third-order valence-electron chi connectivity index (χ3n) is 3.85. The van der Waals surface area contributed by atoms with E-state index in [1.807, 2.05) is 0 Å². The molecule has 19 heavy (non-hydrogen) atoms. The second-order valence-corrected chi connectivity index (χ2v) is 6.01. The van der Waals surface area contributed by atoms with E-state index in [9.17, 15) is 0 Å². The molecule has 1 aliphatic rings. The van der Waals surface area contributed by atoms with Crippen molar-refractivity contribution in [1.82, 2.24) is 9.97 Å². The van der Waals surface area contributed by atoms with Gasteiger partial charge in [-0.3, -0.25) is 0 Å². The standard InChI is InChI=1S/C15H23ClN2O/c1-3-5-13-14(16)17-10-18-15(13)19-9-12-7-4-6-11(2)8-12/h10-12H,3-9H2,1-2H3. The van der Waals surface area contributed by atoms with Crippen LogP contribution in [0.25, 0.3) is 0 Å². The Morgan fingerprint density at radius 2 is 2.21 bits per heavy atom. The molecule has 4 heteroatoms. The average Bonchev–Trinajstić information content (AvgIpc) is 2.40. The number of aromatic nitrogens is 2. The maximum absolute atomic E-state index is 6.12. The number of halogens is 1. The molecule has 3 nitrogen and oxygen atoms in total. The van der Waals surface area contributed by atoms with E-state index >= 15 is 0 Å². The SMILES string of the molecule is CCCc1c(Cl)ncnc1OCC1CCCC(C)C1. The van der Waals surface area contributed by atoms with Gasteiger partial charge in [-0.1, -0.05) is 44.7 Å². The van der Waals surface area contributed by atoms with Crippen molar-refractivity contribution >= 4 is 11.6 Å². The van der Waals surface area contributed by atoms with Crippen molar-refractivity contribution in [3.63, 3.8) is 0 Å². The molecule has 2 unspecified atom stereocenters. The van der Waals surface area contributed by atoms with Crippen LogP contribution in [0.15, 0.2) is 6.33 Å². The molecule has 0 amide bonds. The van der Waals surface area contributed by atoms with Crippen LogP contribution in [0.5, 0.6) is 5.88 Å². The molecular weight excluding hydrogens is 260 g/mol. The van der Waals surface area contributed by atoms with Crippen LogP contribution in [0.4, 0.5) is 0 Å². The van der Waals surface area contributed by atoms with Gasteiger partial charge in [-0.25, -0.2) is 9.97 Å². The average molecular weight is 283 g/mol. The van der Waals surface area contributed by atoms with Crippen molar-refractivity contribution in [1.29, 1.82) is 0 Å². The third-order valence-corrected chi connectivity index (χ3v) is 4.18. The van der Waals surface area contributed by atoms with Crippen molar-refractivity contribution in [2.24, 2.45) is 11.8 Å². The first kappa shape index (κ1) is 14.6. The summed E-state index contributed by atoms with van der Waals surface area (Å²) in [5, 5.41) is 0.531. The van der Waals surface area contributed by atoms with Crippen LogP contribution in [0.3, 0.4) is 0 Å². The minimum absolute atomic E-state index is 0.531. The summed E-state index contributed by atoms with van der Waals surface area (Å²) in [7, 11) is 0. The third kappa shape index (κ3) is 4.07. The summed E-state index contributed by atoms with van der Waals surface area (Å²) >= 11 is 6.12. The molecule has 1 heterocycles. The Morgan fingerprint density at radius 1 is 1.37 bits per heavy atom. The first-order valence-electron chi connectivity index (χ1n) is 7.32. The van der Waals surface area contributed by atoms with Gasteiger partial charge in [0.15, 0.2) is 0 Å². The lowest BCUT2D eigenvalue weighted by Gasteiger charge is -2.26. The predicted octanol–water partition coefficient (Wildman–Crippen LogP) is 4.29. The van der Waals surface area contributed by atoms with E-state index in [1.165, 1.54) is 32.0 Å². The van der Waals surface area contributed by atoms with Gasteiger partial charge >= 0.3 is 0 Å². The molecule has 1 fully saturated rings. The maximum atomic E-state index is 6.12. The first-order chi connectivity index (χ1) is 9.20. The van der Waals surface area contributed by atoms with Crippen molar-refractivity contribution in [3.8, 4) is 5.88 Å². The maximum Gasteiger partial charge on any atom is 0.221 e. The van der Waals surface area contributed by atoms with E-state index < -0.39 is 0 Å². The van der Waals surface area contributed by atoms with Crippen LogP contribution >= 0.6 is 11.6 Å². The molecule has 0 N–H and O–H groups in total. The number of hydrogen-bond acceptors (Lipinski definition) is 3. The highest BCUT2D eigenvalue weighted by Crippen LogP contribution is 2.30. The highest BCUT2D eigenvalue weighted by atomic mass is 35.5. The smallest absolute Gasteiger partial charge is 0.221 e. The quantitative estimate of drug-likeness (QED) is 0.756. The molecule has 0 bridgehead atoms. The summed E-state index contributed by atoms with van der Waals surface area (Å²) in [6, 6.07) is 0. The molecule has 2 rings (SSSR count). The lowest BCUT2D eigenvalue weighted by Crippen LogP contribution is -2.20. The van der Waals surface area contributed by atoms with Gasteiger partial charge in [0, 0.05) is 0 Å². The molecule has 0 aromatic carbocycles. The zero-order valence-electron chi connectivity index (χ0n) is 11.9.